The van der Waals surface area contributed by atoms with Crippen LogP contribution in [-0.2, 0) is 23.4 Å². The molecular formula is C25H27F2N5O2. The maximum absolute atomic E-state index is 13.7. The van der Waals surface area contributed by atoms with Gasteiger partial charge in [-0.1, -0.05) is 12.1 Å². The van der Waals surface area contributed by atoms with Gasteiger partial charge in [0.2, 0.25) is 0 Å². The lowest BCUT2D eigenvalue weighted by Gasteiger charge is -2.31. The molecule has 1 aromatic heterocycles. The number of carbonyl (C=O) groups excluding carboxylic acids is 1. The van der Waals surface area contributed by atoms with Gasteiger partial charge < -0.3 is 15.4 Å². The third-order valence-corrected chi connectivity index (χ3v) is 6.59. The first-order valence-electron chi connectivity index (χ1n) is 11.3. The van der Waals surface area contributed by atoms with E-state index in [1.165, 1.54) is 12.1 Å². The Labute approximate surface area is 196 Å². The number of hydrogen-bond acceptors (Lipinski definition) is 5. The molecule has 3 aromatic rings. The van der Waals surface area contributed by atoms with Crippen LogP contribution in [0.1, 0.15) is 52.7 Å². The van der Waals surface area contributed by atoms with E-state index >= 15 is 0 Å². The number of halogens is 2. The maximum atomic E-state index is 13.7. The van der Waals surface area contributed by atoms with Gasteiger partial charge in [-0.15, -0.1) is 0 Å². The molecule has 0 radical (unpaired) electrons. The van der Waals surface area contributed by atoms with Crippen LogP contribution in [0.15, 0.2) is 42.5 Å². The molecule has 1 atom stereocenters. The Bertz CT molecular complexity index is 1200. The summed E-state index contributed by atoms with van der Waals surface area (Å²) in [6.07, 6.45) is -0.0850. The minimum atomic E-state index is -0.600. The number of carbonyl (C=O) groups is 1. The Kier molecular flexibility index (Phi) is 5.93. The molecular weight excluding hydrogens is 440 g/mol. The predicted molar refractivity (Wildman–Crippen MR) is 123 cm³/mol. The number of nitrogens with zero attached hydrogens (tertiary/aromatic N) is 2. The van der Waals surface area contributed by atoms with Crippen molar-refractivity contribution in [1.82, 2.24) is 20.4 Å². The van der Waals surface area contributed by atoms with Gasteiger partial charge in [0, 0.05) is 43.4 Å². The predicted octanol–water partition coefficient (Wildman–Crippen LogP) is 3.85. The Morgan fingerprint density at radius 3 is 2.76 bits per heavy atom. The summed E-state index contributed by atoms with van der Waals surface area (Å²) in [5.74, 6) is -1.00. The Morgan fingerprint density at radius 2 is 2.03 bits per heavy atom. The Balaban J connectivity index is 1.33. The molecule has 7 nitrogen and oxygen atoms in total. The van der Waals surface area contributed by atoms with E-state index in [1.807, 2.05) is 32.0 Å². The lowest BCUT2D eigenvalue weighted by Crippen LogP contribution is -2.35. The highest BCUT2D eigenvalue weighted by Crippen LogP contribution is 2.41. The maximum Gasteiger partial charge on any atom is 0.256 e. The fraction of sp³-hybridized carbons (Fsp3) is 0.360. The smallest absolute Gasteiger partial charge is 0.256 e. The van der Waals surface area contributed by atoms with E-state index in [-0.39, 0.29) is 12.0 Å². The van der Waals surface area contributed by atoms with Gasteiger partial charge in [-0.25, -0.2) is 8.78 Å². The third-order valence-electron chi connectivity index (χ3n) is 6.59. The van der Waals surface area contributed by atoms with E-state index in [0.717, 1.165) is 29.4 Å². The molecule has 1 fully saturated rings. The summed E-state index contributed by atoms with van der Waals surface area (Å²) in [6.45, 7) is 7.03. The molecule has 3 heterocycles. The number of benzene rings is 2. The summed E-state index contributed by atoms with van der Waals surface area (Å²) in [4.78, 5) is 15.1. The van der Waals surface area contributed by atoms with Crippen LogP contribution >= 0.6 is 0 Å². The summed E-state index contributed by atoms with van der Waals surface area (Å²) in [5.41, 5.74) is 3.29. The molecule has 5 rings (SSSR count). The van der Waals surface area contributed by atoms with Crippen molar-refractivity contribution < 1.29 is 18.3 Å². The van der Waals surface area contributed by atoms with E-state index in [0.29, 0.717) is 43.2 Å². The molecule has 0 saturated carbocycles. The molecule has 178 valence electrons. The second-order valence-electron chi connectivity index (χ2n) is 9.26. The molecule has 3 N–H and O–H groups in total. The average Bonchev–Trinajstić information content (AvgIpc) is 3.32. The van der Waals surface area contributed by atoms with Gasteiger partial charge in [0.25, 0.3) is 5.91 Å². The van der Waals surface area contributed by atoms with Crippen molar-refractivity contribution >= 4 is 11.7 Å². The molecule has 0 bridgehead atoms. The van der Waals surface area contributed by atoms with Crippen molar-refractivity contribution in [2.24, 2.45) is 0 Å². The lowest BCUT2D eigenvalue weighted by atomic mass is 10.00. The highest BCUT2D eigenvalue weighted by molar-refractivity contribution is 6.04. The van der Waals surface area contributed by atoms with Crippen LogP contribution in [0.3, 0.4) is 0 Å². The molecule has 1 unspecified atom stereocenters. The van der Waals surface area contributed by atoms with E-state index in [9.17, 15) is 13.6 Å². The molecule has 0 spiro atoms. The number of fused-ring (bicyclic) bond motifs is 1. The zero-order valence-electron chi connectivity index (χ0n) is 19.1. The number of H-pyrrole nitrogens is 1. The van der Waals surface area contributed by atoms with E-state index in [1.54, 1.807) is 6.07 Å². The van der Waals surface area contributed by atoms with Gasteiger partial charge in [-0.3, -0.25) is 14.8 Å². The van der Waals surface area contributed by atoms with Crippen molar-refractivity contribution in [2.75, 3.05) is 25.0 Å². The molecule has 1 saturated heterocycles. The van der Waals surface area contributed by atoms with Crippen LogP contribution < -0.4 is 10.6 Å². The van der Waals surface area contributed by atoms with Crippen molar-refractivity contribution in [1.29, 1.82) is 0 Å². The zero-order chi connectivity index (χ0) is 23.9. The van der Waals surface area contributed by atoms with Gasteiger partial charge >= 0.3 is 0 Å². The number of anilines is 1. The van der Waals surface area contributed by atoms with E-state index in [4.69, 9.17) is 4.74 Å². The number of amides is 1. The van der Waals surface area contributed by atoms with Crippen molar-refractivity contribution in [3.63, 3.8) is 0 Å². The van der Waals surface area contributed by atoms with Crippen molar-refractivity contribution in [3.8, 4) is 0 Å². The summed E-state index contributed by atoms with van der Waals surface area (Å²) in [6, 6.07) is 10.9. The number of rotatable bonds is 5. The van der Waals surface area contributed by atoms with Crippen LogP contribution in [0.4, 0.5) is 14.6 Å². The fourth-order valence-corrected chi connectivity index (χ4v) is 4.69. The average molecular weight is 468 g/mol. The Hall–Kier alpha value is -3.14. The quantitative estimate of drug-likeness (QED) is 0.531. The number of aromatic amines is 1. The lowest BCUT2D eigenvalue weighted by molar-refractivity contribution is 0.0277. The minimum Gasteiger partial charge on any atom is -0.371 e. The number of nitrogens with one attached hydrogen (secondary N) is 3. The summed E-state index contributed by atoms with van der Waals surface area (Å²) in [7, 11) is 0. The summed E-state index contributed by atoms with van der Waals surface area (Å²) < 4.78 is 33.2. The molecule has 34 heavy (non-hydrogen) atoms. The van der Waals surface area contributed by atoms with Crippen LogP contribution in [0, 0.1) is 11.6 Å². The second-order valence-corrected chi connectivity index (χ2v) is 9.26. The van der Waals surface area contributed by atoms with Crippen LogP contribution in [0.2, 0.25) is 0 Å². The fourth-order valence-electron chi connectivity index (χ4n) is 4.69. The first-order chi connectivity index (χ1) is 16.3. The monoisotopic (exact) mass is 467 g/mol. The normalized spacial score (nSPS) is 19.7. The topological polar surface area (TPSA) is 82.3 Å². The van der Waals surface area contributed by atoms with Gasteiger partial charge in [0.05, 0.1) is 23.9 Å². The van der Waals surface area contributed by atoms with Crippen molar-refractivity contribution in [3.05, 3.63) is 82.0 Å². The van der Waals surface area contributed by atoms with Gasteiger partial charge in [-0.2, -0.15) is 5.10 Å². The number of ether oxygens (including phenoxy) is 1. The molecule has 9 heteroatoms. The van der Waals surface area contributed by atoms with E-state index < -0.39 is 17.2 Å². The van der Waals surface area contributed by atoms with E-state index in [2.05, 4.69) is 25.7 Å². The van der Waals surface area contributed by atoms with Gasteiger partial charge in [-0.05, 0) is 49.2 Å². The number of hydrogen-bond donors (Lipinski definition) is 3. The molecule has 2 aliphatic rings. The molecule has 2 aromatic carbocycles. The second kappa shape index (κ2) is 8.90. The summed E-state index contributed by atoms with van der Waals surface area (Å²) >= 11 is 0. The van der Waals surface area contributed by atoms with Crippen LogP contribution in [0.25, 0.3) is 0 Å². The highest BCUT2D eigenvalue weighted by atomic mass is 19.1. The molecule has 1 amide bonds. The van der Waals surface area contributed by atoms with Crippen LogP contribution in [0.5, 0.6) is 0 Å². The van der Waals surface area contributed by atoms with Gasteiger partial charge in [0.15, 0.2) is 5.82 Å². The van der Waals surface area contributed by atoms with Crippen molar-refractivity contribution in [2.45, 2.75) is 38.6 Å². The number of morpholine rings is 1. The third kappa shape index (κ3) is 4.34. The first-order valence-corrected chi connectivity index (χ1v) is 11.3. The zero-order valence-corrected chi connectivity index (χ0v) is 19.1. The molecule has 2 aliphatic heterocycles. The highest BCUT2D eigenvalue weighted by Gasteiger charge is 2.41. The first kappa shape index (κ1) is 22.6. The SMILES string of the molecule is CC1(C)c2[nH]nc(NC(=O)c3cccc(C4CNCCO4)c3)c2CN1Cc1cc(F)cc(F)c1. The summed E-state index contributed by atoms with van der Waals surface area (Å²) in [5, 5.41) is 13.6. The number of aromatic nitrogens is 2. The Morgan fingerprint density at radius 1 is 1.24 bits per heavy atom. The standard InChI is InChI=1S/C25H27F2N5O2/c1-25(2)22-20(14-32(25)13-15-8-18(26)11-19(27)9-15)23(31-30-22)29-24(33)17-5-3-4-16(10-17)21-12-28-6-7-34-21/h3-5,8-11,21,28H,6-7,12-14H2,1-2H3,(H2,29,30,31,33). The van der Waals surface area contributed by atoms with Crippen LogP contribution in [-0.4, -0.2) is 40.7 Å². The minimum absolute atomic E-state index is 0.0850. The largest absolute Gasteiger partial charge is 0.371 e. The molecule has 0 aliphatic carbocycles. The van der Waals surface area contributed by atoms with Gasteiger partial charge in [0.1, 0.15) is 11.6 Å².